The van der Waals surface area contributed by atoms with E-state index in [1.165, 1.54) is 6.07 Å². The van der Waals surface area contributed by atoms with Crippen molar-refractivity contribution >= 4 is 5.97 Å². The molecule has 0 aromatic heterocycles. The van der Waals surface area contributed by atoms with Gasteiger partial charge in [-0.2, -0.15) is 0 Å². The van der Waals surface area contributed by atoms with Crippen LogP contribution in [0, 0.1) is 5.82 Å². The summed E-state index contributed by atoms with van der Waals surface area (Å²) < 4.78 is 12.9. The fourth-order valence-corrected chi connectivity index (χ4v) is 1.01. The maximum atomic E-state index is 12.9. The molecular weight excluding hydrogens is 175 g/mol. The average Bonchev–Trinajstić information content (AvgIpc) is 2.04. The lowest BCUT2D eigenvalue weighted by Gasteiger charge is -2.05. The predicted octanol–water partition coefficient (Wildman–Crippen LogP) is -0.276. The standard InChI is InChI=1S/C9H9FO3/c10-8-5-6(3-4-11)1-2-7(8)9(12)13/h1-2,5,11H,3-4H2,(H,12,13)/p-1. The Kier molecular flexibility index (Phi) is 2.97. The van der Waals surface area contributed by atoms with Crippen LogP contribution in [0.15, 0.2) is 18.2 Å². The number of aliphatic hydroxyl groups is 1. The van der Waals surface area contributed by atoms with E-state index in [2.05, 4.69) is 0 Å². The molecule has 1 aromatic carbocycles. The zero-order valence-corrected chi connectivity index (χ0v) is 6.79. The zero-order chi connectivity index (χ0) is 9.84. The Bertz CT molecular complexity index is 323. The lowest BCUT2D eigenvalue weighted by molar-refractivity contribution is -0.255. The van der Waals surface area contributed by atoms with Gasteiger partial charge in [0.2, 0.25) is 0 Å². The number of hydrogen-bond donors (Lipinski definition) is 1. The fraction of sp³-hybridized carbons (Fsp3) is 0.222. The number of rotatable bonds is 3. The highest BCUT2D eigenvalue weighted by Gasteiger charge is 2.03. The highest BCUT2D eigenvalue weighted by Crippen LogP contribution is 2.09. The van der Waals surface area contributed by atoms with Crippen molar-refractivity contribution in [3.05, 3.63) is 35.1 Å². The van der Waals surface area contributed by atoms with Gasteiger partial charge in [-0.25, -0.2) is 4.39 Å². The van der Waals surface area contributed by atoms with Crippen LogP contribution in [-0.4, -0.2) is 17.7 Å². The van der Waals surface area contributed by atoms with Crippen LogP contribution in [0.2, 0.25) is 0 Å². The second kappa shape index (κ2) is 4.00. The quantitative estimate of drug-likeness (QED) is 0.701. The summed E-state index contributed by atoms with van der Waals surface area (Å²) in [5, 5.41) is 18.8. The van der Waals surface area contributed by atoms with Crippen LogP contribution in [0.3, 0.4) is 0 Å². The maximum Gasteiger partial charge on any atom is 0.132 e. The third-order valence-corrected chi connectivity index (χ3v) is 1.65. The number of carbonyl (C=O) groups excluding carboxylic acids is 1. The lowest BCUT2D eigenvalue weighted by Crippen LogP contribution is -2.23. The fourth-order valence-electron chi connectivity index (χ4n) is 1.01. The summed E-state index contributed by atoms with van der Waals surface area (Å²) in [6.07, 6.45) is 0.310. The molecule has 0 saturated carbocycles. The minimum atomic E-state index is -1.53. The monoisotopic (exact) mass is 183 g/mol. The number of carboxylic acid groups (broad SMARTS) is 1. The number of aromatic carboxylic acids is 1. The van der Waals surface area contributed by atoms with Crippen LogP contribution < -0.4 is 5.11 Å². The third-order valence-electron chi connectivity index (χ3n) is 1.65. The predicted molar refractivity (Wildman–Crippen MR) is 41.5 cm³/mol. The van der Waals surface area contributed by atoms with E-state index >= 15 is 0 Å². The van der Waals surface area contributed by atoms with E-state index in [1.54, 1.807) is 0 Å². The normalized spacial score (nSPS) is 10.0. The molecule has 3 nitrogen and oxygen atoms in total. The number of carboxylic acids is 1. The molecule has 1 aromatic rings. The van der Waals surface area contributed by atoms with Gasteiger partial charge in [0.05, 0.1) is 5.97 Å². The van der Waals surface area contributed by atoms with Gasteiger partial charge in [0.1, 0.15) is 5.82 Å². The van der Waals surface area contributed by atoms with Crippen molar-refractivity contribution in [2.45, 2.75) is 6.42 Å². The van der Waals surface area contributed by atoms with Gasteiger partial charge in [-0.15, -0.1) is 0 Å². The van der Waals surface area contributed by atoms with Crippen LogP contribution in [0.5, 0.6) is 0 Å². The smallest absolute Gasteiger partial charge is 0.132 e. The van der Waals surface area contributed by atoms with Crippen molar-refractivity contribution in [1.82, 2.24) is 0 Å². The topological polar surface area (TPSA) is 60.4 Å². The molecule has 0 heterocycles. The molecule has 0 atom stereocenters. The van der Waals surface area contributed by atoms with Gasteiger partial charge in [0.25, 0.3) is 0 Å². The summed E-state index contributed by atoms with van der Waals surface area (Å²) in [4.78, 5) is 10.3. The second-order valence-electron chi connectivity index (χ2n) is 2.58. The van der Waals surface area contributed by atoms with Crippen molar-refractivity contribution in [2.75, 3.05) is 6.61 Å². The maximum absolute atomic E-state index is 12.9. The molecule has 0 fully saturated rings. The Morgan fingerprint density at radius 1 is 1.54 bits per heavy atom. The van der Waals surface area contributed by atoms with E-state index < -0.39 is 17.3 Å². The van der Waals surface area contributed by atoms with Crippen LogP contribution in [-0.2, 0) is 6.42 Å². The van der Waals surface area contributed by atoms with Crippen LogP contribution >= 0.6 is 0 Å². The Balaban J connectivity index is 2.98. The largest absolute Gasteiger partial charge is 0.545 e. The Hall–Kier alpha value is -1.42. The van der Waals surface area contributed by atoms with Crippen molar-refractivity contribution in [3.8, 4) is 0 Å². The van der Waals surface area contributed by atoms with Crippen molar-refractivity contribution in [3.63, 3.8) is 0 Å². The van der Waals surface area contributed by atoms with Crippen LogP contribution in [0.4, 0.5) is 4.39 Å². The first-order valence-electron chi connectivity index (χ1n) is 3.76. The SMILES string of the molecule is O=C([O-])c1ccc(CCO)cc1F. The van der Waals surface area contributed by atoms with E-state index in [0.717, 1.165) is 12.1 Å². The molecule has 0 spiro atoms. The minimum Gasteiger partial charge on any atom is -0.545 e. The van der Waals surface area contributed by atoms with Gasteiger partial charge in [0.15, 0.2) is 0 Å². The van der Waals surface area contributed by atoms with Crippen molar-refractivity contribution in [2.24, 2.45) is 0 Å². The Morgan fingerprint density at radius 2 is 2.23 bits per heavy atom. The summed E-state index contributed by atoms with van der Waals surface area (Å²) in [7, 11) is 0. The van der Waals surface area contributed by atoms with Gasteiger partial charge in [-0.05, 0) is 24.1 Å². The molecule has 0 aliphatic heterocycles. The summed E-state index contributed by atoms with van der Waals surface area (Å²) in [5.74, 6) is -2.36. The first-order chi connectivity index (χ1) is 6.15. The summed E-state index contributed by atoms with van der Waals surface area (Å²) >= 11 is 0. The molecule has 1 N–H and O–H groups in total. The Morgan fingerprint density at radius 3 is 2.69 bits per heavy atom. The molecular formula is C9H8FO3-. The number of benzene rings is 1. The minimum absolute atomic E-state index is 0.0931. The molecule has 0 unspecified atom stereocenters. The summed E-state index contributed by atoms with van der Waals surface area (Å²) in [5.41, 5.74) is 0.103. The van der Waals surface area contributed by atoms with E-state index in [9.17, 15) is 14.3 Å². The third kappa shape index (κ3) is 2.26. The number of carbonyl (C=O) groups is 1. The van der Waals surface area contributed by atoms with Crippen molar-refractivity contribution in [1.29, 1.82) is 0 Å². The van der Waals surface area contributed by atoms with Crippen LogP contribution in [0.1, 0.15) is 15.9 Å². The number of halogens is 1. The van der Waals surface area contributed by atoms with Gasteiger partial charge in [-0.1, -0.05) is 6.07 Å². The summed E-state index contributed by atoms with van der Waals surface area (Å²) in [6.45, 7) is -0.0931. The van der Waals surface area contributed by atoms with Gasteiger partial charge >= 0.3 is 0 Å². The second-order valence-corrected chi connectivity index (χ2v) is 2.58. The Labute approximate surface area is 74.4 Å². The molecule has 13 heavy (non-hydrogen) atoms. The zero-order valence-electron chi connectivity index (χ0n) is 6.79. The molecule has 0 amide bonds. The van der Waals surface area contributed by atoms with E-state index in [0.29, 0.717) is 12.0 Å². The average molecular weight is 183 g/mol. The molecule has 4 heteroatoms. The highest BCUT2D eigenvalue weighted by atomic mass is 19.1. The van der Waals surface area contributed by atoms with Gasteiger partial charge < -0.3 is 15.0 Å². The first kappa shape index (κ1) is 9.67. The number of hydrogen-bond acceptors (Lipinski definition) is 3. The molecule has 1 rings (SSSR count). The van der Waals surface area contributed by atoms with E-state index in [4.69, 9.17) is 5.11 Å². The van der Waals surface area contributed by atoms with Gasteiger partial charge in [0, 0.05) is 12.2 Å². The van der Waals surface area contributed by atoms with Gasteiger partial charge in [-0.3, -0.25) is 0 Å². The molecule has 70 valence electrons. The number of aliphatic hydroxyl groups excluding tert-OH is 1. The van der Waals surface area contributed by atoms with Crippen molar-refractivity contribution < 1.29 is 19.4 Å². The molecule has 0 bridgehead atoms. The molecule has 0 aliphatic rings. The summed E-state index contributed by atoms with van der Waals surface area (Å²) in [6, 6.07) is 3.67. The molecule has 0 radical (unpaired) electrons. The highest BCUT2D eigenvalue weighted by molar-refractivity contribution is 5.86. The lowest BCUT2D eigenvalue weighted by atomic mass is 10.1. The first-order valence-corrected chi connectivity index (χ1v) is 3.76. The molecule has 0 saturated heterocycles. The van der Waals surface area contributed by atoms with E-state index in [1.807, 2.05) is 0 Å². The van der Waals surface area contributed by atoms with E-state index in [-0.39, 0.29) is 6.61 Å². The van der Waals surface area contributed by atoms with Crippen LogP contribution in [0.25, 0.3) is 0 Å². The molecule has 0 aliphatic carbocycles.